The van der Waals surface area contributed by atoms with Gasteiger partial charge in [0.15, 0.2) is 5.76 Å². The van der Waals surface area contributed by atoms with E-state index in [0.717, 1.165) is 36.0 Å². The second-order valence-corrected chi connectivity index (χ2v) is 6.39. The molecule has 0 aliphatic rings. The van der Waals surface area contributed by atoms with Gasteiger partial charge < -0.3 is 14.6 Å². The second-order valence-electron chi connectivity index (χ2n) is 6.39. The van der Waals surface area contributed by atoms with Crippen LogP contribution in [0.4, 0.5) is 0 Å². The highest BCUT2D eigenvalue weighted by molar-refractivity contribution is 5.98. The van der Waals surface area contributed by atoms with Crippen LogP contribution in [0.3, 0.4) is 0 Å². The summed E-state index contributed by atoms with van der Waals surface area (Å²) in [4.78, 5) is 14.6. The molecule has 130 valence electrons. The number of nitrogens with zero attached hydrogens (tertiary/aromatic N) is 1. The number of benzene rings is 2. The van der Waals surface area contributed by atoms with Crippen molar-refractivity contribution >= 4 is 16.9 Å². The molecule has 0 radical (unpaired) electrons. The van der Waals surface area contributed by atoms with Gasteiger partial charge in [0.05, 0.1) is 0 Å². The summed E-state index contributed by atoms with van der Waals surface area (Å²) in [5, 5.41) is 3.96. The maximum absolute atomic E-state index is 12.4. The summed E-state index contributed by atoms with van der Waals surface area (Å²) in [6.45, 7) is 4.40. The van der Waals surface area contributed by atoms with Crippen LogP contribution < -0.4 is 5.32 Å². The average Bonchev–Trinajstić information content (AvgIpc) is 2.97. The number of para-hydroxylation sites is 1. The summed E-state index contributed by atoms with van der Waals surface area (Å²) >= 11 is 0. The first kappa shape index (κ1) is 17.2. The smallest absolute Gasteiger partial charge is 0.287 e. The predicted molar refractivity (Wildman–Crippen MR) is 101 cm³/mol. The molecule has 1 heterocycles. The zero-order valence-corrected chi connectivity index (χ0v) is 14.8. The fraction of sp³-hybridized carbons (Fsp3) is 0.286. The monoisotopic (exact) mass is 336 g/mol. The van der Waals surface area contributed by atoms with Gasteiger partial charge in [-0.3, -0.25) is 4.79 Å². The summed E-state index contributed by atoms with van der Waals surface area (Å²) < 4.78 is 5.70. The van der Waals surface area contributed by atoms with Gasteiger partial charge in [0, 0.05) is 24.0 Å². The average molecular weight is 336 g/mol. The van der Waals surface area contributed by atoms with Gasteiger partial charge in [-0.25, -0.2) is 0 Å². The molecule has 0 spiro atoms. The topological polar surface area (TPSA) is 45.5 Å². The molecule has 0 aliphatic heterocycles. The minimum absolute atomic E-state index is 0.139. The number of nitrogens with one attached hydrogen (secondary N) is 1. The molecule has 0 saturated heterocycles. The van der Waals surface area contributed by atoms with E-state index in [9.17, 15) is 4.79 Å². The molecule has 0 fully saturated rings. The molecule has 3 aromatic rings. The fourth-order valence-electron chi connectivity index (χ4n) is 3.00. The first-order valence-corrected chi connectivity index (χ1v) is 8.64. The van der Waals surface area contributed by atoms with Crippen LogP contribution in [-0.4, -0.2) is 30.9 Å². The maximum Gasteiger partial charge on any atom is 0.287 e. The molecule has 1 N–H and O–H groups in total. The lowest BCUT2D eigenvalue weighted by molar-refractivity contribution is 0.0925. The highest BCUT2D eigenvalue weighted by Gasteiger charge is 2.16. The van der Waals surface area contributed by atoms with Gasteiger partial charge in [-0.2, -0.15) is 0 Å². The summed E-state index contributed by atoms with van der Waals surface area (Å²) in [6.07, 6.45) is 0.897. The maximum atomic E-state index is 12.4. The summed E-state index contributed by atoms with van der Waals surface area (Å²) in [5.74, 6) is 0.276. The Balaban J connectivity index is 1.47. The second kappa shape index (κ2) is 7.99. The molecule has 0 unspecified atom stereocenters. The number of furan rings is 1. The van der Waals surface area contributed by atoms with Crippen LogP contribution in [0.15, 0.2) is 59.0 Å². The number of hydrogen-bond acceptors (Lipinski definition) is 3. The van der Waals surface area contributed by atoms with Crippen LogP contribution >= 0.6 is 0 Å². The SMILES string of the molecule is Cc1c(C(=O)NCCCN(C)Cc2ccccc2)oc2ccccc12. The summed E-state index contributed by atoms with van der Waals surface area (Å²) in [5.41, 5.74) is 2.95. The Labute approximate surface area is 148 Å². The normalized spacial score (nSPS) is 11.2. The van der Waals surface area contributed by atoms with Crippen molar-refractivity contribution < 1.29 is 9.21 Å². The lowest BCUT2D eigenvalue weighted by Crippen LogP contribution is -2.28. The number of carbonyl (C=O) groups excluding carboxylic acids is 1. The third-order valence-electron chi connectivity index (χ3n) is 4.35. The van der Waals surface area contributed by atoms with Gasteiger partial charge in [-0.1, -0.05) is 48.5 Å². The molecule has 1 aromatic heterocycles. The molecule has 0 saturated carbocycles. The van der Waals surface area contributed by atoms with E-state index in [2.05, 4.69) is 41.5 Å². The summed E-state index contributed by atoms with van der Waals surface area (Å²) in [6, 6.07) is 18.1. The van der Waals surface area contributed by atoms with E-state index in [1.165, 1.54) is 5.56 Å². The first-order chi connectivity index (χ1) is 12.1. The van der Waals surface area contributed by atoms with E-state index in [1.54, 1.807) is 0 Å². The molecule has 4 heteroatoms. The number of hydrogen-bond donors (Lipinski definition) is 1. The predicted octanol–water partition coefficient (Wildman–Crippen LogP) is 3.99. The molecule has 1 amide bonds. The van der Waals surface area contributed by atoms with Gasteiger partial charge in [0.2, 0.25) is 0 Å². The van der Waals surface area contributed by atoms with Crippen LogP contribution in [0, 0.1) is 6.92 Å². The van der Waals surface area contributed by atoms with Gasteiger partial charge in [0.25, 0.3) is 5.91 Å². The van der Waals surface area contributed by atoms with E-state index in [0.29, 0.717) is 12.3 Å². The molecule has 3 rings (SSSR count). The first-order valence-electron chi connectivity index (χ1n) is 8.64. The molecule has 25 heavy (non-hydrogen) atoms. The highest BCUT2D eigenvalue weighted by atomic mass is 16.3. The van der Waals surface area contributed by atoms with Gasteiger partial charge in [0.1, 0.15) is 5.58 Å². The van der Waals surface area contributed by atoms with Crippen molar-refractivity contribution in [2.24, 2.45) is 0 Å². The number of fused-ring (bicyclic) bond motifs is 1. The van der Waals surface area contributed by atoms with Crippen molar-refractivity contribution in [3.05, 3.63) is 71.5 Å². The third kappa shape index (κ3) is 4.28. The molecule has 4 nitrogen and oxygen atoms in total. The minimum atomic E-state index is -0.139. The number of carbonyl (C=O) groups is 1. The van der Waals surface area contributed by atoms with Gasteiger partial charge in [-0.05, 0) is 38.6 Å². The van der Waals surface area contributed by atoms with Crippen LogP contribution in [0.1, 0.15) is 28.1 Å². The lowest BCUT2D eigenvalue weighted by Gasteiger charge is -2.16. The van der Waals surface area contributed by atoms with Crippen LogP contribution in [-0.2, 0) is 6.54 Å². The molecular formula is C21H24N2O2. The Morgan fingerprint density at radius 1 is 1.08 bits per heavy atom. The van der Waals surface area contributed by atoms with E-state index in [4.69, 9.17) is 4.42 Å². The Morgan fingerprint density at radius 3 is 2.56 bits per heavy atom. The van der Waals surface area contributed by atoms with Crippen LogP contribution in [0.25, 0.3) is 11.0 Å². The number of amides is 1. The minimum Gasteiger partial charge on any atom is -0.451 e. The molecule has 0 atom stereocenters. The Morgan fingerprint density at radius 2 is 1.80 bits per heavy atom. The zero-order chi connectivity index (χ0) is 17.6. The van der Waals surface area contributed by atoms with E-state index in [-0.39, 0.29) is 5.91 Å². The van der Waals surface area contributed by atoms with E-state index in [1.807, 2.05) is 37.3 Å². The van der Waals surface area contributed by atoms with Crippen LogP contribution in [0.5, 0.6) is 0 Å². The van der Waals surface area contributed by atoms with E-state index >= 15 is 0 Å². The zero-order valence-electron chi connectivity index (χ0n) is 14.8. The van der Waals surface area contributed by atoms with E-state index < -0.39 is 0 Å². The Kier molecular flexibility index (Phi) is 5.51. The largest absolute Gasteiger partial charge is 0.451 e. The standard InChI is InChI=1S/C21H24N2O2/c1-16-18-11-6-7-12-19(18)25-20(16)21(24)22-13-8-14-23(2)15-17-9-4-3-5-10-17/h3-7,9-12H,8,13-15H2,1-2H3,(H,22,24). The quantitative estimate of drug-likeness (QED) is 0.664. The van der Waals surface area contributed by atoms with Crippen LogP contribution in [0.2, 0.25) is 0 Å². The van der Waals surface area contributed by atoms with Gasteiger partial charge in [-0.15, -0.1) is 0 Å². The fourth-order valence-corrected chi connectivity index (χ4v) is 3.00. The summed E-state index contributed by atoms with van der Waals surface area (Å²) in [7, 11) is 2.10. The molecule has 0 aliphatic carbocycles. The molecular weight excluding hydrogens is 312 g/mol. The number of aryl methyl sites for hydroxylation is 1. The van der Waals surface area contributed by atoms with Crippen molar-refractivity contribution in [2.75, 3.05) is 20.1 Å². The van der Waals surface area contributed by atoms with Gasteiger partial charge >= 0.3 is 0 Å². The van der Waals surface area contributed by atoms with Crippen molar-refractivity contribution in [2.45, 2.75) is 19.9 Å². The van der Waals surface area contributed by atoms with Crippen molar-refractivity contribution in [3.63, 3.8) is 0 Å². The van der Waals surface area contributed by atoms with Crippen molar-refractivity contribution in [1.29, 1.82) is 0 Å². The Hall–Kier alpha value is -2.59. The lowest BCUT2D eigenvalue weighted by atomic mass is 10.1. The number of rotatable bonds is 7. The molecule has 0 bridgehead atoms. The molecule has 2 aromatic carbocycles. The highest BCUT2D eigenvalue weighted by Crippen LogP contribution is 2.24. The third-order valence-corrected chi connectivity index (χ3v) is 4.35. The Bertz CT molecular complexity index is 839. The van der Waals surface area contributed by atoms with Crippen molar-refractivity contribution in [3.8, 4) is 0 Å². The van der Waals surface area contributed by atoms with Crippen molar-refractivity contribution in [1.82, 2.24) is 10.2 Å².